The average Bonchev–Trinajstić information content (AvgIpc) is 2.76. The summed E-state index contributed by atoms with van der Waals surface area (Å²) in [5.74, 6) is 0.217. The first-order valence-corrected chi connectivity index (χ1v) is 9.61. The number of hydrogen-bond acceptors (Lipinski definition) is 6. The minimum atomic E-state index is -0.624. The van der Waals surface area contributed by atoms with Crippen LogP contribution in [0.1, 0.15) is 34.8 Å². The van der Waals surface area contributed by atoms with E-state index in [1.165, 1.54) is 6.08 Å². The smallest absolute Gasteiger partial charge is 0.331 e. The lowest BCUT2D eigenvalue weighted by Gasteiger charge is -2.17. The predicted octanol–water partition coefficient (Wildman–Crippen LogP) is 3.42. The normalized spacial score (nSPS) is 12.8. The second-order valence-corrected chi connectivity index (χ2v) is 6.63. The fraction of sp³-hybridized carbons (Fsp3) is 0.261. The third kappa shape index (κ3) is 5.26. The Morgan fingerprint density at radius 3 is 2.70 bits per heavy atom. The number of ether oxygens (including phenoxy) is 3. The second kappa shape index (κ2) is 9.73. The van der Waals surface area contributed by atoms with E-state index in [0.717, 1.165) is 11.1 Å². The molecule has 7 nitrogen and oxygen atoms in total. The number of esters is 1. The van der Waals surface area contributed by atoms with Crippen LogP contribution in [0.25, 0.3) is 6.08 Å². The van der Waals surface area contributed by atoms with E-state index < -0.39 is 5.97 Å². The Kier molecular flexibility index (Phi) is 6.85. The quantitative estimate of drug-likeness (QED) is 0.408. The first-order chi connectivity index (χ1) is 14.5. The number of anilines is 1. The molecule has 1 aliphatic rings. The van der Waals surface area contributed by atoms with Gasteiger partial charge in [0.15, 0.2) is 23.9 Å². The average molecular weight is 409 g/mol. The minimum absolute atomic E-state index is 0.0348. The van der Waals surface area contributed by atoms with Gasteiger partial charge in [-0.3, -0.25) is 9.59 Å². The van der Waals surface area contributed by atoms with Crippen LogP contribution in [0.15, 0.2) is 42.5 Å². The van der Waals surface area contributed by atoms with Crippen molar-refractivity contribution in [1.29, 1.82) is 0 Å². The number of rotatable bonds is 8. The van der Waals surface area contributed by atoms with Gasteiger partial charge in [0.1, 0.15) is 0 Å². The summed E-state index contributed by atoms with van der Waals surface area (Å²) in [4.78, 5) is 35.7. The predicted molar refractivity (Wildman–Crippen MR) is 112 cm³/mol. The lowest BCUT2D eigenvalue weighted by Crippen LogP contribution is -2.20. The van der Waals surface area contributed by atoms with Crippen molar-refractivity contribution in [2.75, 3.05) is 25.6 Å². The van der Waals surface area contributed by atoms with Crippen molar-refractivity contribution < 1.29 is 28.6 Å². The summed E-state index contributed by atoms with van der Waals surface area (Å²) in [6.07, 6.45) is 3.80. The van der Waals surface area contributed by atoms with Crippen LogP contribution in [0.4, 0.5) is 5.69 Å². The number of carbonyl (C=O) groups excluding carboxylic acids is 3. The third-order valence-electron chi connectivity index (χ3n) is 4.57. The molecule has 0 aliphatic carbocycles. The number of carbonyl (C=O) groups is 3. The van der Waals surface area contributed by atoms with Crippen molar-refractivity contribution in [1.82, 2.24) is 0 Å². The van der Waals surface area contributed by atoms with Gasteiger partial charge in [0.05, 0.1) is 13.7 Å². The van der Waals surface area contributed by atoms with E-state index in [1.807, 2.05) is 6.92 Å². The zero-order valence-electron chi connectivity index (χ0n) is 16.9. The van der Waals surface area contributed by atoms with Crippen molar-refractivity contribution in [3.63, 3.8) is 0 Å². The van der Waals surface area contributed by atoms with Crippen LogP contribution in [-0.4, -0.2) is 38.0 Å². The highest BCUT2D eigenvalue weighted by atomic mass is 16.5. The Hall–Kier alpha value is -3.61. The maximum absolute atomic E-state index is 12.3. The number of hydrogen-bond donors (Lipinski definition) is 1. The number of amides is 1. The molecule has 0 radical (unpaired) electrons. The van der Waals surface area contributed by atoms with Crippen LogP contribution in [0.3, 0.4) is 0 Å². The number of ketones is 1. The minimum Gasteiger partial charge on any atom is -0.493 e. The molecule has 0 atom stereocenters. The molecule has 0 unspecified atom stereocenters. The summed E-state index contributed by atoms with van der Waals surface area (Å²) < 4.78 is 15.8. The maximum atomic E-state index is 12.3. The standard InChI is InChI=1S/C23H23NO6/c1-3-29-20-9-4-15(12-21(20)28-2)5-11-23(27)30-14-19(25)17-6-8-18-16(13-17)7-10-22(26)24-18/h4-6,8-9,11-13H,3,7,10,14H2,1-2H3,(H,24,26)/b11-5+. The monoisotopic (exact) mass is 409 g/mol. The Morgan fingerprint density at radius 2 is 1.93 bits per heavy atom. The second-order valence-electron chi connectivity index (χ2n) is 6.63. The molecule has 1 heterocycles. The molecular weight excluding hydrogens is 386 g/mol. The van der Waals surface area contributed by atoms with Gasteiger partial charge in [-0.25, -0.2) is 4.79 Å². The van der Waals surface area contributed by atoms with Crippen LogP contribution in [0, 0.1) is 0 Å². The van der Waals surface area contributed by atoms with E-state index in [2.05, 4.69) is 5.32 Å². The lowest BCUT2D eigenvalue weighted by atomic mass is 9.99. The van der Waals surface area contributed by atoms with Crippen molar-refractivity contribution >= 4 is 29.4 Å². The largest absolute Gasteiger partial charge is 0.493 e. The zero-order chi connectivity index (χ0) is 21.5. The number of nitrogens with one attached hydrogen (secondary N) is 1. The number of benzene rings is 2. The summed E-state index contributed by atoms with van der Waals surface area (Å²) in [5, 5.41) is 2.77. The molecule has 3 rings (SSSR count). The van der Waals surface area contributed by atoms with Crippen LogP contribution in [0.2, 0.25) is 0 Å². The van der Waals surface area contributed by atoms with E-state index in [9.17, 15) is 14.4 Å². The fourth-order valence-corrected chi connectivity index (χ4v) is 3.05. The van der Waals surface area contributed by atoms with Gasteiger partial charge in [0, 0.05) is 23.7 Å². The Labute approximate surface area is 174 Å². The van der Waals surface area contributed by atoms with Gasteiger partial charge in [-0.05, 0) is 60.9 Å². The van der Waals surface area contributed by atoms with Gasteiger partial charge >= 0.3 is 5.97 Å². The highest BCUT2D eigenvalue weighted by Crippen LogP contribution is 2.28. The topological polar surface area (TPSA) is 90.9 Å². The fourth-order valence-electron chi connectivity index (χ4n) is 3.05. The molecule has 2 aromatic rings. The molecule has 30 heavy (non-hydrogen) atoms. The summed E-state index contributed by atoms with van der Waals surface area (Å²) in [7, 11) is 1.54. The molecule has 0 bridgehead atoms. The van der Waals surface area contributed by atoms with Crippen molar-refractivity contribution in [3.05, 3.63) is 59.2 Å². The van der Waals surface area contributed by atoms with Crippen LogP contribution in [0.5, 0.6) is 11.5 Å². The number of fused-ring (bicyclic) bond motifs is 1. The molecule has 0 aromatic heterocycles. The van der Waals surface area contributed by atoms with Crippen LogP contribution in [-0.2, 0) is 20.7 Å². The third-order valence-corrected chi connectivity index (χ3v) is 4.57. The maximum Gasteiger partial charge on any atom is 0.331 e. The van der Waals surface area contributed by atoms with Gasteiger partial charge < -0.3 is 19.5 Å². The van der Waals surface area contributed by atoms with Gasteiger partial charge in [0.2, 0.25) is 5.91 Å². The van der Waals surface area contributed by atoms with Gasteiger partial charge in [-0.15, -0.1) is 0 Å². The summed E-state index contributed by atoms with van der Waals surface area (Å²) in [6, 6.07) is 10.3. The van der Waals surface area contributed by atoms with Crippen LogP contribution >= 0.6 is 0 Å². The molecule has 1 aliphatic heterocycles. The van der Waals surface area contributed by atoms with Crippen LogP contribution < -0.4 is 14.8 Å². The zero-order valence-corrected chi connectivity index (χ0v) is 16.9. The number of methoxy groups -OCH3 is 1. The van der Waals surface area contributed by atoms with E-state index >= 15 is 0 Å². The van der Waals surface area contributed by atoms with Gasteiger partial charge in [-0.2, -0.15) is 0 Å². The molecule has 0 fully saturated rings. The van der Waals surface area contributed by atoms with Gasteiger partial charge in [-0.1, -0.05) is 6.07 Å². The van der Waals surface area contributed by atoms with Crippen molar-refractivity contribution in [2.45, 2.75) is 19.8 Å². The molecule has 2 aromatic carbocycles. The highest BCUT2D eigenvalue weighted by molar-refractivity contribution is 6.00. The Morgan fingerprint density at radius 1 is 1.10 bits per heavy atom. The van der Waals surface area contributed by atoms with Crippen molar-refractivity contribution in [2.24, 2.45) is 0 Å². The number of aryl methyl sites for hydroxylation is 1. The summed E-state index contributed by atoms with van der Waals surface area (Å²) in [5.41, 5.74) is 2.79. The molecular formula is C23H23NO6. The molecule has 1 N–H and O–H groups in total. The Bertz CT molecular complexity index is 995. The molecule has 0 spiro atoms. The van der Waals surface area contributed by atoms with Gasteiger partial charge in [0.25, 0.3) is 0 Å². The summed E-state index contributed by atoms with van der Waals surface area (Å²) in [6.45, 7) is 2.04. The van der Waals surface area contributed by atoms with E-state index in [4.69, 9.17) is 14.2 Å². The molecule has 156 valence electrons. The first kappa shape index (κ1) is 21.1. The molecule has 0 saturated heterocycles. The van der Waals surface area contributed by atoms with E-state index in [-0.39, 0.29) is 18.3 Å². The SMILES string of the molecule is CCOc1ccc(/C=C/C(=O)OCC(=O)c2ccc3c(c2)CCC(=O)N3)cc1OC. The lowest BCUT2D eigenvalue weighted by molar-refractivity contribution is -0.136. The molecule has 0 saturated carbocycles. The number of Topliss-reactive ketones (excluding diaryl/α,β-unsaturated/α-hetero) is 1. The van der Waals surface area contributed by atoms with E-state index in [1.54, 1.807) is 49.6 Å². The van der Waals surface area contributed by atoms with Crippen molar-refractivity contribution in [3.8, 4) is 11.5 Å². The highest BCUT2D eigenvalue weighted by Gasteiger charge is 2.17. The van der Waals surface area contributed by atoms with E-state index in [0.29, 0.717) is 42.2 Å². The molecule has 7 heteroatoms. The Balaban J connectivity index is 1.56. The molecule has 1 amide bonds. The summed E-state index contributed by atoms with van der Waals surface area (Å²) >= 11 is 0. The first-order valence-electron chi connectivity index (χ1n) is 9.61.